The summed E-state index contributed by atoms with van der Waals surface area (Å²) in [6.45, 7) is 3.53. The zero-order valence-corrected chi connectivity index (χ0v) is 13.0. The quantitative estimate of drug-likeness (QED) is 0.830. The molecule has 0 saturated carbocycles. The Balaban J connectivity index is 0.00000220. The van der Waals surface area contributed by atoms with Crippen molar-refractivity contribution in [1.29, 1.82) is 0 Å². The molecule has 1 fully saturated rings. The highest BCUT2D eigenvalue weighted by Gasteiger charge is 2.18. The Morgan fingerprint density at radius 1 is 1.43 bits per heavy atom. The molecule has 0 bridgehead atoms. The van der Waals surface area contributed by atoms with Gasteiger partial charge in [0.05, 0.1) is 6.54 Å². The van der Waals surface area contributed by atoms with Crippen LogP contribution >= 0.6 is 12.4 Å². The lowest BCUT2D eigenvalue weighted by atomic mass is 10.1. The van der Waals surface area contributed by atoms with Crippen LogP contribution in [0.1, 0.15) is 30.1 Å². The van der Waals surface area contributed by atoms with Gasteiger partial charge in [-0.05, 0) is 38.4 Å². The van der Waals surface area contributed by atoms with Crippen molar-refractivity contribution in [2.75, 3.05) is 25.0 Å². The molecule has 0 aromatic heterocycles. The van der Waals surface area contributed by atoms with E-state index in [0.29, 0.717) is 17.8 Å². The first-order chi connectivity index (χ1) is 9.54. The number of hydrogen-bond donors (Lipinski definition) is 2. The molecule has 0 radical (unpaired) electrons. The van der Waals surface area contributed by atoms with Crippen molar-refractivity contribution in [3.8, 4) is 0 Å². The van der Waals surface area contributed by atoms with Gasteiger partial charge in [-0.15, -0.1) is 12.4 Å². The van der Waals surface area contributed by atoms with Crippen LogP contribution in [0.2, 0.25) is 0 Å². The van der Waals surface area contributed by atoms with Crippen LogP contribution in [-0.4, -0.2) is 42.3 Å². The van der Waals surface area contributed by atoms with Crippen LogP contribution in [0.5, 0.6) is 0 Å². The predicted octanol–water partition coefficient (Wildman–Crippen LogP) is 1.67. The lowest BCUT2D eigenvalue weighted by molar-refractivity contribution is -0.117. The summed E-state index contributed by atoms with van der Waals surface area (Å²) in [5.41, 5.74) is 7.15. The van der Waals surface area contributed by atoms with Crippen molar-refractivity contribution in [3.63, 3.8) is 0 Å². The number of carbonyl (C=O) groups excluding carboxylic acids is 2. The standard InChI is InChI=1S/C15H21N3O2.ClH/c1-11(19)12-4-2-6-14(8-12)17-15(20)10-18-7-3-5-13(16)9-18;/h2,4,6,8,13H,3,5,7,9-10,16H2,1H3,(H,17,20);1H/t13-;/m1./s1. The number of nitrogens with zero attached hydrogens (tertiary/aromatic N) is 1. The molecule has 1 saturated heterocycles. The largest absolute Gasteiger partial charge is 0.327 e. The zero-order chi connectivity index (χ0) is 14.5. The minimum atomic E-state index is -0.0696. The van der Waals surface area contributed by atoms with Gasteiger partial charge in [0, 0.05) is 23.8 Å². The molecular formula is C15H22ClN3O2. The number of ketones is 1. The lowest BCUT2D eigenvalue weighted by Crippen LogP contribution is -2.45. The van der Waals surface area contributed by atoms with Gasteiger partial charge in [-0.3, -0.25) is 14.5 Å². The minimum Gasteiger partial charge on any atom is -0.327 e. The number of nitrogens with two attached hydrogens (primary N) is 1. The molecule has 3 N–H and O–H groups in total. The molecule has 2 rings (SSSR count). The second-order valence-electron chi connectivity index (χ2n) is 5.32. The van der Waals surface area contributed by atoms with Gasteiger partial charge < -0.3 is 11.1 Å². The summed E-state index contributed by atoms with van der Waals surface area (Å²) in [7, 11) is 0. The number of rotatable bonds is 4. The average molecular weight is 312 g/mol. The number of hydrogen-bond acceptors (Lipinski definition) is 4. The van der Waals surface area contributed by atoms with Crippen molar-refractivity contribution >= 4 is 29.8 Å². The molecule has 116 valence electrons. The van der Waals surface area contributed by atoms with E-state index in [4.69, 9.17) is 5.73 Å². The monoisotopic (exact) mass is 311 g/mol. The summed E-state index contributed by atoms with van der Waals surface area (Å²) < 4.78 is 0. The molecule has 0 spiro atoms. The maximum absolute atomic E-state index is 12.0. The lowest BCUT2D eigenvalue weighted by Gasteiger charge is -2.29. The van der Waals surface area contributed by atoms with Crippen molar-refractivity contribution in [3.05, 3.63) is 29.8 Å². The van der Waals surface area contributed by atoms with E-state index in [1.807, 2.05) is 0 Å². The van der Waals surface area contributed by atoms with Crippen LogP contribution in [0.15, 0.2) is 24.3 Å². The van der Waals surface area contributed by atoms with Crippen molar-refractivity contribution in [2.24, 2.45) is 5.73 Å². The summed E-state index contributed by atoms with van der Waals surface area (Å²) in [4.78, 5) is 25.4. The van der Waals surface area contributed by atoms with Gasteiger partial charge in [0.15, 0.2) is 5.78 Å². The van der Waals surface area contributed by atoms with Gasteiger partial charge in [-0.1, -0.05) is 12.1 Å². The van der Waals surface area contributed by atoms with Crippen LogP contribution in [0.25, 0.3) is 0 Å². The number of Topliss-reactive ketones (excluding diaryl/α,β-unsaturated/α-hetero) is 1. The maximum atomic E-state index is 12.0. The summed E-state index contributed by atoms with van der Waals surface area (Å²) >= 11 is 0. The van der Waals surface area contributed by atoms with Crippen LogP contribution in [0.3, 0.4) is 0 Å². The molecule has 6 heteroatoms. The number of benzene rings is 1. The number of nitrogens with one attached hydrogen (secondary N) is 1. The molecule has 1 amide bonds. The molecule has 0 aliphatic carbocycles. The SMILES string of the molecule is CC(=O)c1cccc(NC(=O)CN2CCC[C@@H](N)C2)c1.Cl. The summed E-state index contributed by atoms with van der Waals surface area (Å²) in [5.74, 6) is -0.0806. The fourth-order valence-corrected chi connectivity index (χ4v) is 2.45. The molecule has 0 unspecified atom stereocenters. The van der Waals surface area contributed by atoms with E-state index in [9.17, 15) is 9.59 Å². The Morgan fingerprint density at radius 3 is 2.86 bits per heavy atom. The maximum Gasteiger partial charge on any atom is 0.238 e. The highest BCUT2D eigenvalue weighted by atomic mass is 35.5. The number of piperidine rings is 1. The molecular weight excluding hydrogens is 290 g/mol. The van der Waals surface area contributed by atoms with Gasteiger partial charge in [-0.25, -0.2) is 0 Å². The van der Waals surface area contributed by atoms with Gasteiger partial charge >= 0.3 is 0 Å². The van der Waals surface area contributed by atoms with E-state index in [2.05, 4.69) is 10.2 Å². The molecule has 5 nitrogen and oxygen atoms in total. The highest BCUT2D eigenvalue weighted by molar-refractivity contribution is 5.97. The van der Waals surface area contributed by atoms with E-state index >= 15 is 0 Å². The second-order valence-corrected chi connectivity index (χ2v) is 5.32. The molecule has 1 aromatic carbocycles. The van der Waals surface area contributed by atoms with E-state index in [0.717, 1.165) is 25.9 Å². The third-order valence-corrected chi connectivity index (χ3v) is 3.46. The number of halogens is 1. The number of likely N-dealkylation sites (tertiary alicyclic amines) is 1. The number of amides is 1. The average Bonchev–Trinajstić information content (AvgIpc) is 2.38. The first kappa shape index (κ1) is 17.6. The summed E-state index contributed by atoms with van der Waals surface area (Å²) in [6, 6.07) is 7.15. The molecule has 1 aliphatic heterocycles. The molecule has 21 heavy (non-hydrogen) atoms. The van der Waals surface area contributed by atoms with Gasteiger partial charge in [0.2, 0.25) is 5.91 Å². The minimum absolute atomic E-state index is 0. The first-order valence-corrected chi connectivity index (χ1v) is 6.93. The van der Waals surface area contributed by atoms with E-state index in [-0.39, 0.29) is 30.1 Å². The van der Waals surface area contributed by atoms with Crippen LogP contribution in [-0.2, 0) is 4.79 Å². The summed E-state index contributed by atoms with van der Waals surface area (Å²) in [5, 5.41) is 2.83. The molecule has 1 atom stereocenters. The molecule has 1 aliphatic rings. The van der Waals surface area contributed by atoms with Gasteiger partial charge in [0.1, 0.15) is 0 Å². The third kappa shape index (κ3) is 5.46. The Bertz CT molecular complexity index is 507. The van der Waals surface area contributed by atoms with Crippen LogP contribution in [0.4, 0.5) is 5.69 Å². The fourth-order valence-electron chi connectivity index (χ4n) is 2.45. The highest BCUT2D eigenvalue weighted by Crippen LogP contribution is 2.12. The topological polar surface area (TPSA) is 75.4 Å². The summed E-state index contributed by atoms with van der Waals surface area (Å²) in [6.07, 6.45) is 2.06. The normalized spacial score (nSPS) is 18.7. The fraction of sp³-hybridized carbons (Fsp3) is 0.467. The van der Waals surface area contributed by atoms with E-state index in [1.54, 1.807) is 24.3 Å². The zero-order valence-electron chi connectivity index (χ0n) is 12.2. The third-order valence-electron chi connectivity index (χ3n) is 3.46. The Hall–Kier alpha value is -1.43. The number of carbonyl (C=O) groups is 2. The predicted molar refractivity (Wildman–Crippen MR) is 86.0 cm³/mol. The Morgan fingerprint density at radius 2 is 2.19 bits per heavy atom. The Kier molecular flexibility index (Phi) is 6.81. The van der Waals surface area contributed by atoms with Crippen molar-refractivity contribution < 1.29 is 9.59 Å². The van der Waals surface area contributed by atoms with E-state index < -0.39 is 0 Å². The van der Waals surface area contributed by atoms with Crippen molar-refractivity contribution in [2.45, 2.75) is 25.8 Å². The van der Waals surface area contributed by atoms with Gasteiger partial charge in [-0.2, -0.15) is 0 Å². The molecule has 1 heterocycles. The second kappa shape index (κ2) is 8.12. The smallest absolute Gasteiger partial charge is 0.238 e. The molecule has 1 aromatic rings. The van der Waals surface area contributed by atoms with Crippen LogP contribution < -0.4 is 11.1 Å². The first-order valence-electron chi connectivity index (χ1n) is 6.93. The Labute approximate surface area is 131 Å². The number of anilines is 1. The van der Waals surface area contributed by atoms with Crippen molar-refractivity contribution in [1.82, 2.24) is 4.90 Å². The van der Waals surface area contributed by atoms with E-state index in [1.165, 1.54) is 6.92 Å². The van der Waals surface area contributed by atoms with Gasteiger partial charge in [0.25, 0.3) is 0 Å². The van der Waals surface area contributed by atoms with Crippen LogP contribution in [0, 0.1) is 0 Å².